The summed E-state index contributed by atoms with van der Waals surface area (Å²) < 4.78 is 10.2. The minimum Gasteiger partial charge on any atom is -0.465 e. The van der Waals surface area contributed by atoms with Crippen molar-refractivity contribution in [2.45, 2.75) is 19.8 Å². The molecule has 0 amide bonds. The lowest BCUT2D eigenvalue weighted by molar-refractivity contribution is -0.156. The molecule has 0 fully saturated rings. The smallest absolute Gasteiger partial charge is 0.324 e. The van der Waals surface area contributed by atoms with Gasteiger partial charge in [-0.1, -0.05) is 35.3 Å². The first-order chi connectivity index (χ1) is 14.4. The van der Waals surface area contributed by atoms with Gasteiger partial charge < -0.3 is 14.5 Å². The number of H-pyrrole nitrogens is 1. The molecule has 3 aromatic rings. The number of fused-ring (bicyclic) bond motifs is 1. The van der Waals surface area contributed by atoms with Gasteiger partial charge >= 0.3 is 11.9 Å². The SMILES string of the molecule is CCOC(=O)C(C(=O)OCC)c1c(C(=O)c2cccc(Cl)c2)[nH]c2ccc(Cl)cc12. The van der Waals surface area contributed by atoms with Gasteiger partial charge in [-0.25, -0.2) is 0 Å². The second kappa shape index (κ2) is 9.32. The van der Waals surface area contributed by atoms with Gasteiger partial charge in [0.25, 0.3) is 0 Å². The van der Waals surface area contributed by atoms with Crippen LogP contribution in [0.4, 0.5) is 0 Å². The molecule has 1 aromatic heterocycles. The lowest BCUT2D eigenvalue weighted by atomic mass is 9.92. The number of ether oxygens (including phenoxy) is 2. The average molecular weight is 448 g/mol. The van der Waals surface area contributed by atoms with Crippen LogP contribution in [0, 0.1) is 0 Å². The van der Waals surface area contributed by atoms with E-state index in [2.05, 4.69) is 4.98 Å². The number of hydrogen-bond donors (Lipinski definition) is 1. The van der Waals surface area contributed by atoms with Gasteiger partial charge in [0.2, 0.25) is 5.78 Å². The van der Waals surface area contributed by atoms with Crippen molar-refractivity contribution < 1.29 is 23.9 Å². The van der Waals surface area contributed by atoms with Crippen LogP contribution in [-0.2, 0) is 19.1 Å². The van der Waals surface area contributed by atoms with Crippen molar-refractivity contribution >= 4 is 51.8 Å². The number of benzene rings is 2. The average Bonchev–Trinajstić information content (AvgIpc) is 3.06. The molecule has 1 heterocycles. The Morgan fingerprint density at radius 2 is 1.57 bits per heavy atom. The largest absolute Gasteiger partial charge is 0.465 e. The Morgan fingerprint density at radius 3 is 2.17 bits per heavy atom. The van der Waals surface area contributed by atoms with Crippen LogP contribution in [0.3, 0.4) is 0 Å². The number of hydrogen-bond acceptors (Lipinski definition) is 5. The minimum absolute atomic E-state index is 0.0649. The molecule has 0 unspecified atom stereocenters. The number of esters is 2. The van der Waals surface area contributed by atoms with Crippen molar-refractivity contribution in [3.05, 3.63) is 69.3 Å². The topological polar surface area (TPSA) is 85.5 Å². The maximum Gasteiger partial charge on any atom is 0.324 e. The predicted molar refractivity (Wildman–Crippen MR) is 114 cm³/mol. The standard InChI is InChI=1S/C22H19Cl2NO5/c1-3-29-21(27)18(22(28)30-4-2)17-15-11-14(24)8-9-16(15)25-19(17)20(26)12-6-5-7-13(23)10-12/h5-11,18,25H,3-4H2,1-2H3. The summed E-state index contributed by atoms with van der Waals surface area (Å²) >= 11 is 12.2. The number of aromatic nitrogens is 1. The Morgan fingerprint density at radius 1 is 0.933 bits per heavy atom. The lowest BCUT2D eigenvalue weighted by Gasteiger charge is -2.16. The van der Waals surface area contributed by atoms with E-state index in [1.54, 1.807) is 50.2 Å². The second-order valence-electron chi connectivity index (χ2n) is 6.38. The van der Waals surface area contributed by atoms with E-state index in [0.717, 1.165) is 0 Å². The van der Waals surface area contributed by atoms with Gasteiger partial charge in [-0.15, -0.1) is 0 Å². The third-order valence-corrected chi connectivity index (χ3v) is 4.92. The number of aromatic amines is 1. The zero-order valence-corrected chi connectivity index (χ0v) is 17.8. The summed E-state index contributed by atoms with van der Waals surface area (Å²) in [6.07, 6.45) is 0. The van der Waals surface area contributed by atoms with Crippen LogP contribution in [0.2, 0.25) is 10.0 Å². The van der Waals surface area contributed by atoms with E-state index in [1.807, 2.05) is 0 Å². The number of nitrogens with one attached hydrogen (secondary N) is 1. The van der Waals surface area contributed by atoms with E-state index in [9.17, 15) is 14.4 Å². The molecular weight excluding hydrogens is 429 g/mol. The third kappa shape index (κ3) is 4.35. The number of ketones is 1. The molecule has 30 heavy (non-hydrogen) atoms. The van der Waals surface area contributed by atoms with E-state index in [0.29, 0.717) is 26.5 Å². The Labute approximate surface area is 183 Å². The Balaban J connectivity index is 2.27. The highest BCUT2D eigenvalue weighted by molar-refractivity contribution is 6.32. The van der Waals surface area contributed by atoms with Crippen LogP contribution < -0.4 is 0 Å². The van der Waals surface area contributed by atoms with Gasteiger partial charge in [-0.2, -0.15) is 0 Å². The van der Waals surface area contributed by atoms with E-state index >= 15 is 0 Å². The molecule has 1 N–H and O–H groups in total. The van der Waals surface area contributed by atoms with Crippen molar-refractivity contribution in [2.24, 2.45) is 0 Å². The highest BCUT2D eigenvalue weighted by atomic mass is 35.5. The van der Waals surface area contributed by atoms with Gasteiger partial charge in [0.15, 0.2) is 5.92 Å². The van der Waals surface area contributed by atoms with Gasteiger partial charge in [0.1, 0.15) is 0 Å². The molecule has 0 aliphatic rings. The highest BCUT2D eigenvalue weighted by Crippen LogP contribution is 2.34. The predicted octanol–water partition coefficient (Wildman–Crippen LogP) is 4.92. The first kappa shape index (κ1) is 21.9. The summed E-state index contributed by atoms with van der Waals surface area (Å²) in [4.78, 5) is 41.8. The lowest BCUT2D eigenvalue weighted by Crippen LogP contribution is -2.27. The highest BCUT2D eigenvalue weighted by Gasteiger charge is 2.37. The van der Waals surface area contributed by atoms with E-state index in [1.165, 1.54) is 6.07 Å². The molecule has 8 heteroatoms. The van der Waals surface area contributed by atoms with Gasteiger partial charge in [-0.05, 0) is 44.2 Å². The maximum absolute atomic E-state index is 13.3. The summed E-state index contributed by atoms with van der Waals surface area (Å²) in [5.41, 5.74) is 1.07. The normalized spacial score (nSPS) is 11.0. The molecule has 0 saturated heterocycles. The summed E-state index contributed by atoms with van der Waals surface area (Å²) in [5.74, 6) is -3.50. The molecule has 0 atom stereocenters. The van der Waals surface area contributed by atoms with Gasteiger partial charge in [0.05, 0.1) is 18.9 Å². The molecule has 0 aliphatic heterocycles. The molecule has 156 valence electrons. The Kier molecular flexibility index (Phi) is 6.80. The minimum atomic E-state index is -1.45. The monoisotopic (exact) mass is 447 g/mol. The Bertz CT molecular complexity index is 1100. The fraction of sp³-hybridized carbons (Fsp3) is 0.227. The van der Waals surface area contributed by atoms with Crippen molar-refractivity contribution in [3.8, 4) is 0 Å². The summed E-state index contributed by atoms with van der Waals surface area (Å²) in [6.45, 7) is 3.39. The molecule has 3 rings (SSSR count). The molecule has 6 nitrogen and oxygen atoms in total. The van der Waals surface area contributed by atoms with Crippen LogP contribution >= 0.6 is 23.2 Å². The van der Waals surface area contributed by atoms with Crippen molar-refractivity contribution in [1.82, 2.24) is 4.98 Å². The number of carbonyl (C=O) groups excluding carboxylic acids is 3. The van der Waals surface area contributed by atoms with Gasteiger partial charge in [0, 0.05) is 32.1 Å². The van der Waals surface area contributed by atoms with Crippen molar-refractivity contribution in [2.75, 3.05) is 13.2 Å². The quantitative estimate of drug-likeness (QED) is 0.315. The zero-order chi connectivity index (χ0) is 21.8. The van der Waals surface area contributed by atoms with E-state index < -0.39 is 23.6 Å². The summed E-state index contributed by atoms with van der Waals surface area (Å²) in [5, 5.41) is 1.23. The van der Waals surface area contributed by atoms with Crippen LogP contribution in [0.5, 0.6) is 0 Å². The second-order valence-corrected chi connectivity index (χ2v) is 7.25. The van der Waals surface area contributed by atoms with Crippen molar-refractivity contribution in [3.63, 3.8) is 0 Å². The molecule has 0 radical (unpaired) electrons. The van der Waals surface area contributed by atoms with Crippen LogP contribution in [0.1, 0.15) is 41.4 Å². The molecule has 0 saturated carbocycles. The number of rotatable bonds is 7. The van der Waals surface area contributed by atoms with Crippen LogP contribution in [-0.4, -0.2) is 35.9 Å². The molecule has 0 aliphatic carbocycles. The van der Waals surface area contributed by atoms with Crippen LogP contribution in [0.25, 0.3) is 10.9 Å². The maximum atomic E-state index is 13.3. The first-order valence-electron chi connectivity index (χ1n) is 9.32. The fourth-order valence-electron chi connectivity index (χ4n) is 3.22. The van der Waals surface area contributed by atoms with E-state index in [4.69, 9.17) is 32.7 Å². The fourth-order valence-corrected chi connectivity index (χ4v) is 3.58. The summed E-state index contributed by atoms with van der Waals surface area (Å²) in [7, 11) is 0. The molecule has 2 aromatic carbocycles. The first-order valence-corrected chi connectivity index (χ1v) is 10.1. The zero-order valence-electron chi connectivity index (χ0n) is 16.3. The Hall–Kier alpha value is -2.83. The van der Waals surface area contributed by atoms with Gasteiger partial charge in [-0.3, -0.25) is 14.4 Å². The van der Waals surface area contributed by atoms with Crippen molar-refractivity contribution in [1.29, 1.82) is 0 Å². The summed E-state index contributed by atoms with van der Waals surface area (Å²) in [6, 6.07) is 11.3. The molecule has 0 bridgehead atoms. The third-order valence-electron chi connectivity index (χ3n) is 4.45. The van der Waals surface area contributed by atoms with E-state index in [-0.39, 0.29) is 24.5 Å². The van der Waals surface area contributed by atoms with Crippen LogP contribution in [0.15, 0.2) is 42.5 Å². The molecular formula is C22H19Cl2NO5. The molecule has 0 spiro atoms. The number of carbonyl (C=O) groups is 3. The number of halogens is 2.